The van der Waals surface area contributed by atoms with E-state index in [1.165, 1.54) is 0 Å². The van der Waals surface area contributed by atoms with E-state index in [0.717, 1.165) is 11.1 Å². The van der Waals surface area contributed by atoms with E-state index >= 15 is 0 Å². The molecule has 0 unspecified atom stereocenters. The standard InChI is InChI=1S/C16H10F3N3OS/c17-16(18,19)14-21-22-15(24-14)20-13(23)12-8-6-11(7-9-12)10-4-2-1-3-5-10/h1-9H,(H,20,22,23). The van der Waals surface area contributed by atoms with Gasteiger partial charge in [0.05, 0.1) is 0 Å². The summed E-state index contributed by atoms with van der Waals surface area (Å²) in [6.45, 7) is 0. The van der Waals surface area contributed by atoms with Gasteiger partial charge in [-0.3, -0.25) is 10.1 Å². The van der Waals surface area contributed by atoms with Crippen LogP contribution in [0.5, 0.6) is 0 Å². The van der Waals surface area contributed by atoms with Gasteiger partial charge in [-0.25, -0.2) is 0 Å². The summed E-state index contributed by atoms with van der Waals surface area (Å²) in [5.41, 5.74) is 2.25. The van der Waals surface area contributed by atoms with Crippen molar-refractivity contribution in [3.63, 3.8) is 0 Å². The van der Waals surface area contributed by atoms with Crippen molar-refractivity contribution in [1.29, 1.82) is 0 Å². The Morgan fingerprint density at radius 2 is 1.54 bits per heavy atom. The number of aromatic nitrogens is 2. The molecule has 1 aromatic heterocycles. The van der Waals surface area contributed by atoms with Gasteiger partial charge in [-0.2, -0.15) is 13.2 Å². The van der Waals surface area contributed by atoms with Crippen LogP contribution in [0.3, 0.4) is 0 Å². The SMILES string of the molecule is O=C(Nc1nnc(C(F)(F)F)s1)c1ccc(-c2ccccc2)cc1. The van der Waals surface area contributed by atoms with Crippen molar-refractivity contribution in [3.8, 4) is 11.1 Å². The van der Waals surface area contributed by atoms with Crippen LogP contribution in [0.1, 0.15) is 15.4 Å². The van der Waals surface area contributed by atoms with E-state index in [1.54, 1.807) is 24.3 Å². The molecule has 0 spiro atoms. The molecule has 122 valence electrons. The molecule has 0 aliphatic rings. The van der Waals surface area contributed by atoms with Crippen LogP contribution in [0.15, 0.2) is 54.6 Å². The Morgan fingerprint density at radius 3 is 2.12 bits per heavy atom. The zero-order valence-corrected chi connectivity index (χ0v) is 12.9. The van der Waals surface area contributed by atoms with Crippen LogP contribution in [0.4, 0.5) is 18.3 Å². The van der Waals surface area contributed by atoms with Crippen molar-refractivity contribution in [3.05, 3.63) is 65.2 Å². The maximum absolute atomic E-state index is 12.5. The van der Waals surface area contributed by atoms with Crippen molar-refractivity contribution in [2.45, 2.75) is 6.18 Å². The third kappa shape index (κ3) is 3.60. The van der Waals surface area contributed by atoms with Gasteiger partial charge >= 0.3 is 6.18 Å². The Hall–Kier alpha value is -2.74. The summed E-state index contributed by atoms with van der Waals surface area (Å²) in [6.07, 6.45) is -4.57. The lowest BCUT2D eigenvalue weighted by Gasteiger charge is -2.04. The third-order valence-electron chi connectivity index (χ3n) is 3.14. The molecule has 0 aliphatic carbocycles. The van der Waals surface area contributed by atoms with Crippen LogP contribution in [0, 0.1) is 0 Å². The van der Waals surface area contributed by atoms with Crippen molar-refractivity contribution in [1.82, 2.24) is 10.2 Å². The minimum atomic E-state index is -4.57. The number of hydrogen-bond donors (Lipinski definition) is 1. The molecule has 0 saturated heterocycles. The molecule has 3 aromatic rings. The fourth-order valence-electron chi connectivity index (χ4n) is 2.00. The van der Waals surface area contributed by atoms with E-state index in [1.807, 2.05) is 30.3 Å². The number of alkyl halides is 3. The Labute approximate surface area is 139 Å². The first kappa shape index (κ1) is 16.1. The summed E-state index contributed by atoms with van der Waals surface area (Å²) in [4.78, 5) is 12.1. The van der Waals surface area contributed by atoms with Crippen LogP contribution in [0.25, 0.3) is 11.1 Å². The van der Waals surface area contributed by atoms with Crippen molar-refractivity contribution >= 4 is 22.4 Å². The Balaban J connectivity index is 1.73. The average molecular weight is 349 g/mol. The highest BCUT2D eigenvalue weighted by molar-refractivity contribution is 7.15. The molecule has 0 radical (unpaired) electrons. The molecule has 1 amide bonds. The maximum atomic E-state index is 12.5. The number of carbonyl (C=O) groups excluding carboxylic acids is 1. The quantitative estimate of drug-likeness (QED) is 0.759. The smallest absolute Gasteiger partial charge is 0.296 e. The van der Waals surface area contributed by atoms with Gasteiger partial charge in [-0.15, -0.1) is 10.2 Å². The molecular formula is C16H10F3N3OS. The second kappa shape index (κ2) is 6.40. The van der Waals surface area contributed by atoms with Crippen molar-refractivity contribution in [2.24, 2.45) is 0 Å². The van der Waals surface area contributed by atoms with Crippen LogP contribution in [-0.2, 0) is 6.18 Å². The summed E-state index contributed by atoms with van der Waals surface area (Å²) in [5, 5.41) is 7.37. The summed E-state index contributed by atoms with van der Waals surface area (Å²) in [7, 11) is 0. The molecule has 0 atom stereocenters. The molecule has 1 heterocycles. The molecule has 1 N–H and O–H groups in total. The first-order chi connectivity index (χ1) is 11.4. The van der Waals surface area contributed by atoms with Gasteiger partial charge in [-0.1, -0.05) is 53.8 Å². The highest BCUT2D eigenvalue weighted by Crippen LogP contribution is 2.33. The normalized spacial score (nSPS) is 11.3. The molecule has 0 aliphatic heterocycles. The van der Waals surface area contributed by atoms with E-state index in [-0.39, 0.29) is 16.5 Å². The number of halogens is 3. The molecular weight excluding hydrogens is 339 g/mol. The topological polar surface area (TPSA) is 54.9 Å². The second-order valence-electron chi connectivity index (χ2n) is 4.81. The molecule has 0 saturated carbocycles. The van der Waals surface area contributed by atoms with Gasteiger partial charge < -0.3 is 0 Å². The van der Waals surface area contributed by atoms with Gasteiger partial charge in [-0.05, 0) is 23.3 Å². The lowest BCUT2D eigenvalue weighted by Crippen LogP contribution is -2.11. The number of rotatable bonds is 3. The Kier molecular flexibility index (Phi) is 4.30. The van der Waals surface area contributed by atoms with E-state index in [4.69, 9.17) is 0 Å². The second-order valence-corrected chi connectivity index (χ2v) is 5.79. The molecule has 0 fully saturated rings. The summed E-state index contributed by atoms with van der Waals surface area (Å²) in [5.74, 6) is -0.542. The van der Waals surface area contributed by atoms with Crippen LogP contribution >= 0.6 is 11.3 Å². The predicted molar refractivity (Wildman–Crippen MR) is 84.7 cm³/mol. The van der Waals surface area contributed by atoms with E-state index < -0.39 is 17.1 Å². The van der Waals surface area contributed by atoms with E-state index in [2.05, 4.69) is 15.5 Å². The molecule has 2 aromatic carbocycles. The fourth-order valence-corrected chi connectivity index (χ4v) is 2.61. The largest absolute Gasteiger partial charge is 0.445 e. The van der Waals surface area contributed by atoms with Gasteiger partial charge in [0.15, 0.2) is 0 Å². The summed E-state index contributed by atoms with van der Waals surface area (Å²) >= 11 is 0.284. The molecule has 24 heavy (non-hydrogen) atoms. The van der Waals surface area contributed by atoms with Crippen LogP contribution in [0.2, 0.25) is 0 Å². The van der Waals surface area contributed by atoms with Crippen molar-refractivity contribution < 1.29 is 18.0 Å². The number of anilines is 1. The molecule has 0 bridgehead atoms. The predicted octanol–water partition coefficient (Wildman–Crippen LogP) is 4.48. The zero-order valence-electron chi connectivity index (χ0n) is 12.0. The van der Waals surface area contributed by atoms with Gasteiger partial charge in [0.25, 0.3) is 5.91 Å². The summed E-state index contributed by atoms with van der Waals surface area (Å²) in [6, 6.07) is 16.3. The van der Waals surface area contributed by atoms with Gasteiger partial charge in [0, 0.05) is 5.56 Å². The highest BCUT2D eigenvalue weighted by atomic mass is 32.1. The van der Waals surface area contributed by atoms with Gasteiger partial charge in [0.1, 0.15) is 0 Å². The fraction of sp³-hybridized carbons (Fsp3) is 0.0625. The number of nitrogens with one attached hydrogen (secondary N) is 1. The number of nitrogens with zero attached hydrogens (tertiary/aromatic N) is 2. The van der Waals surface area contributed by atoms with Gasteiger partial charge in [0.2, 0.25) is 10.1 Å². The number of carbonyl (C=O) groups is 1. The average Bonchev–Trinajstić information content (AvgIpc) is 3.05. The number of hydrogen-bond acceptors (Lipinski definition) is 4. The highest BCUT2D eigenvalue weighted by Gasteiger charge is 2.35. The number of benzene rings is 2. The maximum Gasteiger partial charge on any atom is 0.445 e. The first-order valence-electron chi connectivity index (χ1n) is 6.81. The minimum Gasteiger partial charge on any atom is -0.296 e. The zero-order chi connectivity index (χ0) is 17.2. The van der Waals surface area contributed by atoms with E-state index in [9.17, 15) is 18.0 Å². The molecule has 8 heteroatoms. The summed E-state index contributed by atoms with van der Waals surface area (Å²) < 4.78 is 37.4. The Morgan fingerprint density at radius 1 is 0.917 bits per heavy atom. The monoisotopic (exact) mass is 349 g/mol. The Bertz CT molecular complexity index is 845. The van der Waals surface area contributed by atoms with Crippen molar-refractivity contribution in [2.75, 3.05) is 5.32 Å². The third-order valence-corrected chi connectivity index (χ3v) is 4.03. The molecule has 3 rings (SSSR count). The molecule has 4 nitrogen and oxygen atoms in total. The van der Waals surface area contributed by atoms with Crippen LogP contribution in [-0.4, -0.2) is 16.1 Å². The van der Waals surface area contributed by atoms with Crippen LogP contribution < -0.4 is 5.32 Å². The lowest BCUT2D eigenvalue weighted by molar-refractivity contribution is -0.138. The lowest BCUT2D eigenvalue weighted by atomic mass is 10.0. The minimum absolute atomic E-state index is 0.195. The van der Waals surface area contributed by atoms with E-state index in [0.29, 0.717) is 5.56 Å². The number of amides is 1. The first-order valence-corrected chi connectivity index (χ1v) is 7.63.